The molecular weight excluding hydrogens is 364 g/mol. The Morgan fingerprint density at radius 1 is 0.966 bits per heavy atom. The number of imide groups is 1. The molecule has 2 amide bonds. The van der Waals surface area contributed by atoms with Gasteiger partial charge >= 0.3 is 0 Å². The Balaban J connectivity index is 2.13. The minimum atomic E-state index is -0.255. The Morgan fingerprint density at radius 3 is 2.24 bits per heavy atom. The second kappa shape index (κ2) is 8.95. The number of hydrogen-bond acceptors (Lipinski definition) is 4. The molecule has 0 atom stereocenters. The fourth-order valence-corrected chi connectivity index (χ4v) is 3.63. The number of benzene rings is 2. The predicted octanol–water partition coefficient (Wildman–Crippen LogP) is 3.95. The van der Waals surface area contributed by atoms with Crippen molar-refractivity contribution in [2.75, 3.05) is 20.2 Å². The van der Waals surface area contributed by atoms with E-state index in [0.717, 1.165) is 5.56 Å². The minimum Gasteiger partial charge on any atom is -0.496 e. The zero-order valence-corrected chi connectivity index (χ0v) is 17.5. The molecule has 5 nitrogen and oxygen atoms in total. The second-order valence-electron chi connectivity index (χ2n) is 7.54. The van der Waals surface area contributed by atoms with Gasteiger partial charge in [0.25, 0.3) is 11.8 Å². The summed E-state index contributed by atoms with van der Waals surface area (Å²) in [7, 11) is 1.58. The van der Waals surface area contributed by atoms with Crippen LogP contribution in [0.1, 0.15) is 31.9 Å². The summed E-state index contributed by atoms with van der Waals surface area (Å²) in [4.78, 5) is 30.1. The van der Waals surface area contributed by atoms with Gasteiger partial charge in [0.05, 0.1) is 12.7 Å². The van der Waals surface area contributed by atoms with Crippen LogP contribution >= 0.6 is 0 Å². The summed E-state index contributed by atoms with van der Waals surface area (Å²) in [6.45, 7) is 7.56. The maximum Gasteiger partial charge on any atom is 0.277 e. The molecule has 152 valence electrons. The van der Waals surface area contributed by atoms with Crippen LogP contribution in [0.25, 0.3) is 5.57 Å². The standard InChI is InChI=1S/C24H28N2O3/c1-5-25(16-18-11-7-6-8-12-18)22-21(19-13-9-10-14-20(19)29-4)23(27)26(24(22)28)15-17(2)3/h6-14,17H,5,15-16H2,1-4H3. The highest BCUT2D eigenvalue weighted by Crippen LogP contribution is 2.36. The van der Waals surface area contributed by atoms with Crippen molar-refractivity contribution in [3.05, 3.63) is 71.4 Å². The fraction of sp³-hybridized carbons (Fsp3) is 0.333. The highest BCUT2D eigenvalue weighted by atomic mass is 16.5. The van der Waals surface area contributed by atoms with E-state index in [4.69, 9.17) is 4.74 Å². The lowest BCUT2D eigenvalue weighted by molar-refractivity contribution is -0.138. The van der Waals surface area contributed by atoms with E-state index in [1.54, 1.807) is 7.11 Å². The number of para-hydroxylation sites is 1. The molecule has 3 rings (SSSR count). The molecule has 1 aliphatic rings. The normalized spacial score (nSPS) is 14.2. The third-order valence-electron chi connectivity index (χ3n) is 4.98. The lowest BCUT2D eigenvalue weighted by Crippen LogP contribution is -2.37. The van der Waals surface area contributed by atoms with Gasteiger partial charge in [0, 0.05) is 25.2 Å². The number of carbonyl (C=O) groups is 2. The SMILES string of the molecule is CCN(Cc1ccccc1)C1=C(c2ccccc2OC)C(=O)N(CC(C)C)C1=O. The quantitative estimate of drug-likeness (QED) is 0.638. The van der Waals surface area contributed by atoms with E-state index in [9.17, 15) is 9.59 Å². The summed E-state index contributed by atoms with van der Waals surface area (Å²) in [6, 6.07) is 17.4. The Labute approximate surface area is 172 Å². The van der Waals surface area contributed by atoms with Crippen LogP contribution in [-0.2, 0) is 16.1 Å². The Hall–Kier alpha value is -3.08. The molecule has 0 saturated carbocycles. The van der Waals surface area contributed by atoms with Crippen molar-refractivity contribution in [1.82, 2.24) is 9.80 Å². The third-order valence-corrected chi connectivity index (χ3v) is 4.98. The lowest BCUT2D eigenvalue weighted by atomic mass is 10.0. The van der Waals surface area contributed by atoms with Gasteiger partial charge in [0.2, 0.25) is 0 Å². The number of amides is 2. The number of carbonyl (C=O) groups excluding carboxylic acids is 2. The maximum absolute atomic E-state index is 13.4. The number of nitrogens with zero attached hydrogens (tertiary/aromatic N) is 2. The fourth-order valence-electron chi connectivity index (χ4n) is 3.63. The molecule has 0 saturated heterocycles. The van der Waals surface area contributed by atoms with Crippen LogP contribution in [0.2, 0.25) is 0 Å². The molecule has 0 bridgehead atoms. The van der Waals surface area contributed by atoms with E-state index in [0.29, 0.717) is 42.2 Å². The van der Waals surface area contributed by atoms with Crippen molar-refractivity contribution in [3.63, 3.8) is 0 Å². The van der Waals surface area contributed by atoms with E-state index >= 15 is 0 Å². The molecule has 0 radical (unpaired) electrons. The maximum atomic E-state index is 13.4. The zero-order chi connectivity index (χ0) is 21.0. The van der Waals surface area contributed by atoms with Crippen LogP contribution in [0.4, 0.5) is 0 Å². The van der Waals surface area contributed by atoms with Gasteiger partial charge in [0.1, 0.15) is 11.4 Å². The average molecular weight is 392 g/mol. The number of rotatable bonds is 8. The monoisotopic (exact) mass is 392 g/mol. The first kappa shape index (κ1) is 20.6. The molecule has 0 aromatic heterocycles. The molecule has 1 heterocycles. The molecule has 1 aliphatic heterocycles. The lowest BCUT2D eigenvalue weighted by Gasteiger charge is -2.25. The number of methoxy groups -OCH3 is 1. The first-order valence-corrected chi connectivity index (χ1v) is 10.0. The largest absolute Gasteiger partial charge is 0.496 e. The van der Waals surface area contributed by atoms with Crippen LogP contribution in [-0.4, -0.2) is 41.8 Å². The van der Waals surface area contributed by atoms with Gasteiger partial charge in [-0.25, -0.2) is 0 Å². The van der Waals surface area contributed by atoms with Crippen LogP contribution in [0, 0.1) is 5.92 Å². The molecule has 0 aliphatic carbocycles. The first-order chi connectivity index (χ1) is 14.0. The molecular formula is C24H28N2O3. The van der Waals surface area contributed by atoms with Crippen LogP contribution in [0.3, 0.4) is 0 Å². The van der Waals surface area contributed by atoms with Crippen LogP contribution in [0.5, 0.6) is 5.75 Å². The highest BCUT2D eigenvalue weighted by molar-refractivity contribution is 6.36. The molecule has 29 heavy (non-hydrogen) atoms. The summed E-state index contributed by atoms with van der Waals surface area (Å²) < 4.78 is 5.50. The van der Waals surface area contributed by atoms with Gasteiger partial charge in [0.15, 0.2) is 0 Å². The average Bonchev–Trinajstić information content (AvgIpc) is 2.97. The smallest absolute Gasteiger partial charge is 0.277 e. The van der Waals surface area contributed by atoms with Crippen LogP contribution in [0.15, 0.2) is 60.3 Å². The van der Waals surface area contributed by atoms with E-state index in [-0.39, 0.29) is 17.7 Å². The first-order valence-electron chi connectivity index (χ1n) is 10.0. The van der Waals surface area contributed by atoms with Gasteiger partial charge in [-0.1, -0.05) is 62.4 Å². The highest BCUT2D eigenvalue weighted by Gasteiger charge is 2.42. The number of hydrogen-bond donors (Lipinski definition) is 0. The van der Waals surface area contributed by atoms with Crippen molar-refractivity contribution in [2.45, 2.75) is 27.3 Å². The van der Waals surface area contributed by atoms with E-state index in [2.05, 4.69) is 0 Å². The van der Waals surface area contributed by atoms with E-state index < -0.39 is 0 Å². The molecule has 0 fully saturated rings. The topological polar surface area (TPSA) is 49.9 Å². The van der Waals surface area contributed by atoms with Gasteiger partial charge < -0.3 is 9.64 Å². The molecule has 0 unspecified atom stereocenters. The summed E-state index contributed by atoms with van der Waals surface area (Å²) in [5.41, 5.74) is 2.61. The molecule has 0 N–H and O–H groups in total. The second-order valence-corrected chi connectivity index (χ2v) is 7.54. The van der Waals surface area contributed by atoms with E-state index in [1.807, 2.05) is 80.3 Å². The molecule has 2 aromatic carbocycles. The van der Waals surface area contributed by atoms with Gasteiger partial charge in [-0.15, -0.1) is 0 Å². The predicted molar refractivity (Wildman–Crippen MR) is 114 cm³/mol. The molecule has 0 spiro atoms. The summed E-state index contributed by atoms with van der Waals surface area (Å²) >= 11 is 0. The molecule has 5 heteroatoms. The van der Waals surface area contributed by atoms with Crippen molar-refractivity contribution in [1.29, 1.82) is 0 Å². The van der Waals surface area contributed by atoms with Gasteiger partial charge in [-0.05, 0) is 24.5 Å². The Bertz CT molecular complexity index is 919. The van der Waals surface area contributed by atoms with Crippen molar-refractivity contribution < 1.29 is 14.3 Å². The number of likely N-dealkylation sites (N-methyl/N-ethyl adjacent to an activating group) is 1. The summed E-state index contributed by atoms with van der Waals surface area (Å²) in [5, 5.41) is 0. The van der Waals surface area contributed by atoms with Crippen LogP contribution < -0.4 is 4.74 Å². The van der Waals surface area contributed by atoms with E-state index in [1.165, 1.54) is 4.90 Å². The Kier molecular flexibility index (Phi) is 6.37. The number of ether oxygens (including phenoxy) is 1. The van der Waals surface area contributed by atoms with Crippen molar-refractivity contribution in [2.24, 2.45) is 5.92 Å². The van der Waals surface area contributed by atoms with Gasteiger partial charge in [-0.3, -0.25) is 14.5 Å². The molecule has 2 aromatic rings. The minimum absolute atomic E-state index is 0.186. The zero-order valence-electron chi connectivity index (χ0n) is 17.5. The third kappa shape index (κ3) is 4.19. The summed E-state index contributed by atoms with van der Waals surface area (Å²) in [6.07, 6.45) is 0. The van der Waals surface area contributed by atoms with Crippen molar-refractivity contribution >= 4 is 17.4 Å². The van der Waals surface area contributed by atoms with Gasteiger partial charge in [-0.2, -0.15) is 0 Å². The Morgan fingerprint density at radius 2 is 1.62 bits per heavy atom. The summed E-state index contributed by atoms with van der Waals surface area (Å²) in [5.74, 6) is 0.283. The van der Waals surface area contributed by atoms with Crippen molar-refractivity contribution in [3.8, 4) is 5.75 Å².